The average molecular weight is 245 g/mol. The molecule has 1 rings (SSSR count). The number of ether oxygens (including phenoxy) is 1. The second-order valence-electron chi connectivity index (χ2n) is 3.98. The fourth-order valence-corrected chi connectivity index (χ4v) is 1.59. The lowest BCUT2D eigenvalue weighted by Crippen LogP contribution is -2.31. The Bertz CT molecular complexity index is 365. The fourth-order valence-electron chi connectivity index (χ4n) is 0.879. The highest BCUT2D eigenvalue weighted by Crippen LogP contribution is 2.20. The third-order valence-corrected chi connectivity index (χ3v) is 2.85. The molecule has 0 radical (unpaired) electrons. The lowest BCUT2D eigenvalue weighted by molar-refractivity contribution is -0.146. The molecule has 16 heavy (non-hydrogen) atoms. The van der Waals surface area contributed by atoms with Crippen molar-refractivity contribution in [3.8, 4) is 0 Å². The van der Waals surface area contributed by atoms with Crippen LogP contribution in [0.5, 0.6) is 0 Å². The zero-order chi connectivity index (χ0) is 12.2. The van der Waals surface area contributed by atoms with Gasteiger partial charge in [-0.1, -0.05) is 11.3 Å². The van der Waals surface area contributed by atoms with Crippen molar-refractivity contribution >= 4 is 22.4 Å². The van der Waals surface area contributed by atoms with Crippen molar-refractivity contribution in [3.63, 3.8) is 0 Å². The van der Waals surface area contributed by atoms with E-state index in [9.17, 15) is 4.79 Å². The second kappa shape index (κ2) is 5.22. The number of carboxylic acids is 1. The number of nitrogens with zero attached hydrogens (tertiary/aromatic N) is 2. The average Bonchev–Trinajstić information content (AvgIpc) is 2.63. The van der Waals surface area contributed by atoms with Crippen molar-refractivity contribution in [1.82, 2.24) is 10.2 Å². The fraction of sp³-hybridized carbons (Fsp3) is 0.667. The molecule has 0 unspecified atom stereocenters. The highest BCUT2D eigenvalue weighted by molar-refractivity contribution is 7.15. The van der Waals surface area contributed by atoms with Crippen LogP contribution in [0.15, 0.2) is 0 Å². The van der Waals surface area contributed by atoms with Crippen molar-refractivity contribution in [2.75, 3.05) is 19.0 Å². The molecule has 90 valence electrons. The summed E-state index contributed by atoms with van der Waals surface area (Å²) in [5, 5.41) is 21.0. The van der Waals surface area contributed by atoms with Gasteiger partial charge in [-0.25, -0.2) is 0 Å². The van der Waals surface area contributed by atoms with Crippen LogP contribution in [0.25, 0.3) is 0 Å². The summed E-state index contributed by atoms with van der Waals surface area (Å²) in [6.07, 6.45) is 0. The SMILES string of the molecule is COCc1nnc(NCC(C)(C)C(=O)O)s1. The molecule has 0 aromatic carbocycles. The zero-order valence-corrected chi connectivity index (χ0v) is 10.3. The molecule has 2 N–H and O–H groups in total. The van der Waals surface area contributed by atoms with Gasteiger partial charge >= 0.3 is 5.97 Å². The molecule has 1 aromatic heterocycles. The van der Waals surface area contributed by atoms with E-state index in [1.165, 1.54) is 11.3 Å². The van der Waals surface area contributed by atoms with Crippen LogP contribution in [-0.4, -0.2) is 34.9 Å². The summed E-state index contributed by atoms with van der Waals surface area (Å²) in [7, 11) is 1.59. The largest absolute Gasteiger partial charge is 0.481 e. The third kappa shape index (κ3) is 3.42. The lowest BCUT2D eigenvalue weighted by atomic mass is 9.94. The molecule has 1 aromatic rings. The van der Waals surface area contributed by atoms with Gasteiger partial charge < -0.3 is 15.2 Å². The van der Waals surface area contributed by atoms with E-state index in [1.54, 1.807) is 21.0 Å². The standard InChI is InChI=1S/C9H15N3O3S/c1-9(2,7(13)14)5-10-8-12-11-6(16-8)4-15-3/h4-5H2,1-3H3,(H,10,12)(H,13,14). The Morgan fingerprint density at radius 3 is 2.81 bits per heavy atom. The summed E-state index contributed by atoms with van der Waals surface area (Å²) in [6, 6.07) is 0. The van der Waals surface area contributed by atoms with E-state index in [0.717, 1.165) is 5.01 Å². The van der Waals surface area contributed by atoms with Crippen LogP contribution in [-0.2, 0) is 16.1 Å². The van der Waals surface area contributed by atoms with E-state index >= 15 is 0 Å². The molecule has 0 spiro atoms. The first-order valence-corrected chi connectivity index (χ1v) is 5.56. The predicted octanol–water partition coefficient (Wildman–Crippen LogP) is 1.21. The zero-order valence-electron chi connectivity index (χ0n) is 9.48. The molecule has 0 saturated carbocycles. The Morgan fingerprint density at radius 1 is 1.56 bits per heavy atom. The van der Waals surface area contributed by atoms with Crippen LogP contribution >= 0.6 is 11.3 Å². The molecule has 0 bridgehead atoms. The van der Waals surface area contributed by atoms with Gasteiger partial charge in [0.25, 0.3) is 0 Å². The molecule has 0 amide bonds. The lowest BCUT2D eigenvalue weighted by Gasteiger charge is -2.18. The van der Waals surface area contributed by atoms with Crippen molar-refractivity contribution in [1.29, 1.82) is 0 Å². The molecule has 0 atom stereocenters. The van der Waals surface area contributed by atoms with Crippen LogP contribution in [0, 0.1) is 5.41 Å². The van der Waals surface area contributed by atoms with Crippen LogP contribution < -0.4 is 5.32 Å². The van der Waals surface area contributed by atoms with E-state index < -0.39 is 11.4 Å². The number of methoxy groups -OCH3 is 1. The van der Waals surface area contributed by atoms with Gasteiger partial charge in [0.15, 0.2) is 0 Å². The Kier molecular flexibility index (Phi) is 4.19. The van der Waals surface area contributed by atoms with E-state index in [2.05, 4.69) is 15.5 Å². The monoisotopic (exact) mass is 245 g/mol. The molecule has 0 aliphatic rings. The van der Waals surface area contributed by atoms with Gasteiger partial charge in [0.1, 0.15) is 11.6 Å². The quantitative estimate of drug-likeness (QED) is 0.783. The normalized spacial score (nSPS) is 11.4. The molecule has 1 heterocycles. The van der Waals surface area contributed by atoms with E-state index in [4.69, 9.17) is 9.84 Å². The molecular weight excluding hydrogens is 230 g/mol. The third-order valence-electron chi connectivity index (χ3n) is 2.00. The van der Waals surface area contributed by atoms with Gasteiger partial charge in [-0.3, -0.25) is 4.79 Å². The molecule has 0 fully saturated rings. The Hall–Kier alpha value is -1.21. The van der Waals surface area contributed by atoms with Crippen molar-refractivity contribution in [2.24, 2.45) is 5.41 Å². The molecule has 0 aliphatic heterocycles. The molecule has 7 heteroatoms. The van der Waals surface area contributed by atoms with Crippen LogP contribution in [0.4, 0.5) is 5.13 Å². The highest BCUT2D eigenvalue weighted by atomic mass is 32.1. The van der Waals surface area contributed by atoms with Gasteiger partial charge in [0, 0.05) is 13.7 Å². The van der Waals surface area contributed by atoms with Gasteiger partial charge in [-0.15, -0.1) is 10.2 Å². The first-order valence-electron chi connectivity index (χ1n) is 4.74. The van der Waals surface area contributed by atoms with Crippen LogP contribution in [0.2, 0.25) is 0 Å². The number of nitrogens with one attached hydrogen (secondary N) is 1. The van der Waals surface area contributed by atoms with Crippen LogP contribution in [0.3, 0.4) is 0 Å². The Balaban J connectivity index is 2.51. The van der Waals surface area contributed by atoms with Crippen LogP contribution in [0.1, 0.15) is 18.9 Å². The van der Waals surface area contributed by atoms with E-state index in [1.807, 2.05) is 0 Å². The van der Waals surface area contributed by atoms with Gasteiger partial charge in [-0.05, 0) is 13.8 Å². The smallest absolute Gasteiger partial charge is 0.310 e. The van der Waals surface area contributed by atoms with Crippen molar-refractivity contribution in [2.45, 2.75) is 20.5 Å². The summed E-state index contributed by atoms with van der Waals surface area (Å²) in [4.78, 5) is 10.9. The number of carboxylic acid groups (broad SMARTS) is 1. The Morgan fingerprint density at radius 2 is 2.25 bits per heavy atom. The molecule has 6 nitrogen and oxygen atoms in total. The summed E-state index contributed by atoms with van der Waals surface area (Å²) in [5.74, 6) is -0.846. The summed E-state index contributed by atoms with van der Waals surface area (Å²) in [5.41, 5.74) is -0.826. The molecule has 0 aliphatic carbocycles. The Labute approximate surface area is 97.7 Å². The molecule has 0 saturated heterocycles. The second-order valence-corrected chi connectivity index (χ2v) is 5.04. The maximum Gasteiger partial charge on any atom is 0.310 e. The first-order chi connectivity index (χ1) is 7.45. The molecular formula is C9H15N3O3S. The first kappa shape index (κ1) is 12.9. The van der Waals surface area contributed by atoms with Crippen molar-refractivity contribution < 1.29 is 14.6 Å². The number of hydrogen-bond acceptors (Lipinski definition) is 6. The minimum absolute atomic E-state index is 0.309. The highest BCUT2D eigenvalue weighted by Gasteiger charge is 2.27. The number of hydrogen-bond donors (Lipinski definition) is 2. The van der Waals surface area contributed by atoms with E-state index in [-0.39, 0.29) is 0 Å². The van der Waals surface area contributed by atoms with Crippen molar-refractivity contribution in [3.05, 3.63) is 5.01 Å². The maximum absolute atomic E-state index is 10.9. The number of rotatable bonds is 6. The van der Waals surface area contributed by atoms with E-state index in [0.29, 0.717) is 18.3 Å². The summed E-state index contributed by atoms with van der Waals surface area (Å²) in [6.45, 7) is 4.03. The number of carbonyl (C=O) groups is 1. The van der Waals surface area contributed by atoms with Gasteiger partial charge in [0.2, 0.25) is 5.13 Å². The number of anilines is 1. The predicted molar refractivity (Wildman–Crippen MR) is 60.5 cm³/mol. The maximum atomic E-state index is 10.9. The topological polar surface area (TPSA) is 84.3 Å². The number of aliphatic carboxylic acids is 1. The minimum atomic E-state index is -0.846. The minimum Gasteiger partial charge on any atom is -0.481 e. The van der Waals surface area contributed by atoms with Gasteiger partial charge in [-0.2, -0.15) is 0 Å². The summed E-state index contributed by atoms with van der Waals surface area (Å²) < 4.78 is 4.91. The summed E-state index contributed by atoms with van der Waals surface area (Å²) >= 11 is 1.36. The number of aromatic nitrogens is 2. The van der Waals surface area contributed by atoms with Gasteiger partial charge in [0.05, 0.1) is 5.41 Å².